The number of H-pyrrole nitrogens is 1. The molecule has 3 aromatic rings. The number of carbonyl (C=O) groups excluding carboxylic acids is 1. The largest absolute Gasteiger partial charge is 0.336 e. The summed E-state index contributed by atoms with van der Waals surface area (Å²) in [6.45, 7) is 8.30. The van der Waals surface area contributed by atoms with Gasteiger partial charge in [-0.3, -0.25) is 19.6 Å². The SMILES string of the molecule is CCCN1CCN(C(=O)c2ccc(-n3[nH]cc(-c4ccc(C#N)cc4C)c3=O)nc2)CC1. The fraction of sp³-hybridized carbons (Fsp3) is 0.333. The molecule has 1 aromatic carbocycles. The first kappa shape index (κ1) is 21.5. The zero-order valence-electron chi connectivity index (χ0n) is 18.3. The third-order valence-corrected chi connectivity index (χ3v) is 5.84. The second-order valence-electron chi connectivity index (χ2n) is 8.01. The van der Waals surface area contributed by atoms with Crippen molar-refractivity contribution in [1.29, 1.82) is 5.26 Å². The summed E-state index contributed by atoms with van der Waals surface area (Å²) >= 11 is 0. The molecule has 0 unspecified atom stereocenters. The number of aryl methyl sites for hydroxylation is 1. The second-order valence-corrected chi connectivity index (χ2v) is 8.01. The summed E-state index contributed by atoms with van der Waals surface area (Å²) in [5, 5.41) is 12.0. The molecule has 8 nitrogen and oxygen atoms in total. The Labute approximate surface area is 186 Å². The van der Waals surface area contributed by atoms with Crippen molar-refractivity contribution in [2.45, 2.75) is 20.3 Å². The maximum absolute atomic E-state index is 13.0. The van der Waals surface area contributed by atoms with E-state index in [-0.39, 0.29) is 11.5 Å². The predicted molar refractivity (Wildman–Crippen MR) is 122 cm³/mol. The summed E-state index contributed by atoms with van der Waals surface area (Å²) in [5.74, 6) is 0.379. The van der Waals surface area contributed by atoms with E-state index in [1.165, 1.54) is 10.9 Å². The lowest BCUT2D eigenvalue weighted by Crippen LogP contribution is -2.48. The minimum absolute atomic E-state index is 0.0343. The highest BCUT2D eigenvalue weighted by molar-refractivity contribution is 5.94. The van der Waals surface area contributed by atoms with E-state index in [0.717, 1.165) is 37.2 Å². The molecule has 1 N–H and O–H groups in total. The Balaban J connectivity index is 1.51. The molecular weight excluding hydrogens is 404 g/mol. The second kappa shape index (κ2) is 9.20. The number of hydrogen-bond acceptors (Lipinski definition) is 5. The Morgan fingerprint density at radius 3 is 2.56 bits per heavy atom. The molecule has 2 aromatic heterocycles. The van der Waals surface area contributed by atoms with Crippen molar-refractivity contribution in [1.82, 2.24) is 24.6 Å². The number of aromatic nitrogens is 3. The van der Waals surface area contributed by atoms with Gasteiger partial charge in [-0.15, -0.1) is 0 Å². The molecule has 0 spiro atoms. The third kappa shape index (κ3) is 4.20. The number of piperazine rings is 1. The van der Waals surface area contributed by atoms with E-state index >= 15 is 0 Å². The van der Waals surface area contributed by atoms with Gasteiger partial charge in [0.05, 0.1) is 22.8 Å². The molecule has 0 saturated carbocycles. The average molecular weight is 431 g/mol. The zero-order chi connectivity index (χ0) is 22.7. The molecule has 1 aliphatic rings. The van der Waals surface area contributed by atoms with Crippen LogP contribution in [0.3, 0.4) is 0 Å². The molecule has 1 amide bonds. The van der Waals surface area contributed by atoms with Crippen molar-refractivity contribution >= 4 is 5.91 Å². The molecular formula is C24H26N6O2. The maximum atomic E-state index is 13.0. The van der Waals surface area contributed by atoms with Gasteiger partial charge in [0.2, 0.25) is 0 Å². The molecule has 8 heteroatoms. The van der Waals surface area contributed by atoms with Crippen LogP contribution in [0.5, 0.6) is 0 Å². The van der Waals surface area contributed by atoms with Crippen LogP contribution in [-0.2, 0) is 0 Å². The molecule has 164 valence electrons. The van der Waals surface area contributed by atoms with Crippen molar-refractivity contribution in [2.24, 2.45) is 0 Å². The number of benzene rings is 1. The highest BCUT2D eigenvalue weighted by Crippen LogP contribution is 2.21. The van der Waals surface area contributed by atoms with Gasteiger partial charge in [-0.25, -0.2) is 9.67 Å². The van der Waals surface area contributed by atoms with Crippen molar-refractivity contribution in [3.05, 3.63) is 69.8 Å². The Kier molecular flexibility index (Phi) is 6.19. The van der Waals surface area contributed by atoms with Gasteiger partial charge in [0.15, 0.2) is 5.82 Å². The number of amides is 1. The number of carbonyl (C=O) groups is 1. The van der Waals surface area contributed by atoms with E-state index in [1.807, 2.05) is 11.8 Å². The van der Waals surface area contributed by atoms with Gasteiger partial charge in [-0.1, -0.05) is 13.0 Å². The predicted octanol–water partition coefficient (Wildman–Crippen LogP) is 2.58. The lowest BCUT2D eigenvalue weighted by molar-refractivity contribution is 0.0637. The highest BCUT2D eigenvalue weighted by atomic mass is 16.2. The monoisotopic (exact) mass is 430 g/mol. The van der Waals surface area contributed by atoms with Crippen molar-refractivity contribution in [2.75, 3.05) is 32.7 Å². The molecule has 0 atom stereocenters. The number of nitrogens with one attached hydrogen (secondary N) is 1. The van der Waals surface area contributed by atoms with Crippen molar-refractivity contribution in [3.63, 3.8) is 0 Å². The number of hydrogen-bond donors (Lipinski definition) is 1. The van der Waals surface area contributed by atoms with Crippen LogP contribution in [0, 0.1) is 18.3 Å². The van der Waals surface area contributed by atoms with Gasteiger partial charge < -0.3 is 4.90 Å². The molecule has 4 rings (SSSR count). The van der Waals surface area contributed by atoms with Gasteiger partial charge in [0.1, 0.15) is 0 Å². The maximum Gasteiger partial charge on any atom is 0.280 e. The Morgan fingerprint density at radius 2 is 1.94 bits per heavy atom. The first-order chi connectivity index (χ1) is 15.5. The number of pyridine rings is 1. The van der Waals surface area contributed by atoms with Gasteiger partial charge in [-0.05, 0) is 55.3 Å². The van der Waals surface area contributed by atoms with Crippen molar-refractivity contribution in [3.8, 4) is 23.0 Å². The van der Waals surface area contributed by atoms with Crippen LogP contribution >= 0.6 is 0 Å². The summed E-state index contributed by atoms with van der Waals surface area (Å²) in [5.41, 5.74) is 2.94. The van der Waals surface area contributed by atoms with E-state index in [1.54, 1.807) is 36.5 Å². The zero-order valence-corrected chi connectivity index (χ0v) is 18.3. The van der Waals surface area contributed by atoms with E-state index in [4.69, 9.17) is 5.26 Å². The normalized spacial score (nSPS) is 14.3. The summed E-state index contributed by atoms with van der Waals surface area (Å²) < 4.78 is 1.35. The molecule has 3 heterocycles. The standard InChI is InChI=1S/C24H26N6O2/c1-3-8-28-9-11-29(12-10-28)23(31)19-5-7-22(26-15-19)30-24(32)21(16-27-30)20-6-4-18(14-25)13-17(20)2/h4-7,13,15-16,27H,3,8-12H2,1-2H3. The van der Waals surface area contributed by atoms with Crippen LogP contribution in [-0.4, -0.2) is 63.2 Å². The highest BCUT2D eigenvalue weighted by Gasteiger charge is 2.22. The fourth-order valence-electron chi connectivity index (χ4n) is 4.09. The Morgan fingerprint density at radius 1 is 1.16 bits per heavy atom. The number of nitrogens with zero attached hydrogens (tertiary/aromatic N) is 5. The van der Waals surface area contributed by atoms with E-state index in [9.17, 15) is 9.59 Å². The smallest absolute Gasteiger partial charge is 0.280 e. The summed E-state index contributed by atoms with van der Waals surface area (Å²) in [6, 6.07) is 10.7. The summed E-state index contributed by atoms with van der Waals surface area (Å²) in [4.78, 5) is 34.4. The molecule has 0 radical (unpaired) electrons. The van der Waals surface area contributed by atoms with Gasteiger partial charge in [-0.2, -0.15) is 5.26 Å². The van der Waals surface area contributed by atoms with Crippen LogP contribution in [0.4, 0.5) is 0 Å². The number of rotatable bonds is 5. The van der Waals surface area contributed by atoms with Crippen LogP contribution in [0.15, 0.2) is 47.5 Å². The fourth-order valence-corrected chi connectivity index (χ4v) is 4.09. The molecule has 0 bridgehead atoms. The summed E-state index contributed by atoms with van der Waals surface area (Å²) in [6.07, 6.45) is 4.27. The van der Waals surface area contributed by atoms with Crippen LogP contribution < -0.4 is 5.56 Å². The Bertz CT molecular complexity index is 1210. The first-order valence-electron chi connectivity index (χ1n) is 10.8. The molecule has 0 aliphatic carbocycles. The lowest BCUT2D eigenvalue weighted by atomic mass is 10.0. The molecule has 1 fully saturated rings. The van der Waals surface area contributed by atoms with Crippen LogP contribution in [0.2, 0.25) is 0 Å². The topological polar surface area (TPSA) is 98.0 Å². The third-order valence-electron chi connectivity index (χ3n) is 5.84. The van der Waals surface area contributed by atoms with Crippen LogP contribution in [0.25, 0.3) is 16.9 Å². The minimum Gasteiger partial charge on any atom is -0.336 e. The van der Waals surface area contributed by atoms with E-state index in [2.05, 4.69) is 28.0 Å². The Hall–Kier alpha value is -3.70. The van der Waals surface area contributed by atoms with E-state index in [0.29, 0.717) is 35.6 Å². The van der Waals surface area contributed by atoms with E-state index < -0.39 is 0 Å². The lowest BCUT2D eigenvalue weighted by Gasteiger charge is -2.34. The van der Waals surface area contributed by atoms with Gasteiger partial charge in [0.25, 0.3) is 11.5 Å². The van der Waals surface area contributed by atoms with Gasteiger partial charge in [0, 0.05) is 38.6 Å². The van der Waals surface area contributed by atoms with Gasteiger partial charge >= 0.3 is 0 Å². The van der Waals surface area contributed by atoms with Crippen molar-refractivity contribution < 1.29 is 4.79 Å². The first-order valence-corrected chi connectivity index (χ1v) is 10.8. The van der Waals surface area contributed by atoms with Crippen LogP contribution in [0.1, 0.15) is 34.8 Å². The summed E-state index contributed by atoms with van der Waals surface area (Å²) in [7, 11) is 0. The molecule has 1 saturated heterocycles. The molecule has 1 aliphatic heterocycles. The molecule has 32 heavy (non-hydrogen) atoms. The number of nitriles is 1. The quantitative estimate of drug-likeness (QED) is 0.671. The minimum atomic E-state index is -0.239. The number of aromatic amines is 1. The average Bonchev–Trinajstić information content (AvgIpc) is 3.20.